The monoisotopic (exact) mass is 251 g/mol. The van der Waals surface area contributed by atoms with Gasteiger partial charge in [-0.05, 0) is 24.2 Å². The minimum atomic E-state index is 0.00521. The molecule has 1 atom stereocenters. The first-order valence-electron chi connectivity index (χ1n) is 5.93. The second kappa shape index (κ2) is 6.67. The van der Waals surface area contributed by atoms with Crippen molar-refractivity contribution in [3.63, 3.8) is 0 Å². The molecule has 2 rings (SSSR count). The zero-order chi connectivity index (χ0) is 11.9. The smallest absolute Gasteiger partial charge is 0.256 e. The van der Waals surface area contributed by atoms with Crippen molar-refractivity contribution in [1.29, 1.82) is 0 Å². The van der Waals surface area contributed by atoms with Gasteiger partial charge in [0.25, 0.3) is 5.91 Å². The number of hydrogen-bond donors (Lipinski definition) is 1. The Balaban J connectivity index is 1.69. The fourth-order valence-corrected chi connectivity index (χ4v) is 2.97. The molecule has 92 valence electrons. The fraction of sp³-hybridized carbons (Fsp3) is 0.462. The summed E-state index contributed by atoms with van der Waals surface area (Å²) in [6, 6.07) is 9.82. The Labute approximate surface area is 106 Å². The van der Waals surface area contributed by atoms with E-state index in [1.807, 2.05) is 30.3 Å². The highest BCUT2D eigenvalue weighted by Gasteiger charge is 2.21. The number of hydroxylamine groups is 1. The highest BCUT2D eigenvalue weighted by atomic mass is 32.2. The maximum Gasteiger partial charge on any atom is 0.256 e. The average molecular weight is 251 g/mol. The zero-order valence-corrected chi connectivity index (χ0v) is 10.5. The Hall–Kier alpha value is -1.00. The third-order valence-electron chi connectivity index (χ3n) is 2.73. The fourth-order valence-electron chi connectivity index (χ4n) is 1.78. The predicted octanol–water partition coefficient (Wildman–Crippen LogP) is 2.52. The number of rotatable bonds is 4. The quantitative estimate of drug-likeness (QED) is 0.836. The summed E-state index contributed by atoms with van der Waals surface area (Å²) >= 11 is 1.73. The molecule has 1 saturated heterocycles. The van der Waals surface area contributed by atoms with Gasteiger partial charge in [-0.15, -0.1) is 11.8 Å². The summed E-state index contributed by atoms with van der Waals surface area (Å²) in [5.41, 5.74) is 3.60. The minimum absolute atomic E-state index is 0.00521. The van der Waals surface area contributed by atoms with Crippen LogP contribution in [0.15, 0.2) is 30.3 Å². The number of thioether (sulfide) groups is 1. The Morgan fingerprint density at radius 2 is 2.18 bits per heavy atom. The van der Waals surface area contributed by atoms with E-state index in [1.165, 1.54) is 6.42 Å². The first kappa shape index (κ1) is 12.5. The van der Waals surface area contributed by atoms with Crippen LogP contribution in [0.5, 0.6) is 0 Å². The second-order valence-corrected chi connectivity index (χ2v) is 5.41. The van der Waals surface area contributed by atoms with Gasteiger partial charge in [-0.3, -0.25) is 9.63 Å². The van der Waals surface area contributed by atoms with E-state index in [0.717, 1.165) is 24.2 Å². The van der Waals surface area contributed by atoms with Crippen molar-refractivity contribution in [1.82, 2.24) is 5.48 Å². The van der Waals surface area contributed by atoms with Crippen molar-refractivity contribution in [2.24, 2.45) is 0 Å². The highest BCUT2D eigenvalue weighted by Crippen LogP contribution is 2.24. The van der Waals surface area contributed by atoms with Crippen LogP contribution in [-0.2, 0) is 16.2 Å². The van der Waals surface area contributed by atoms with Gasteiger partial charge >= 0.3 is 0 Å². The Morgan fingerprint density at radius 3 is 2.88 bits per heavy atom. The van der Waals surface area contributed by atoms with Crippen molar-refractivity contribution in [3.8, 4) is 0 Å². The predicted molar refractivity (Wildman–Crippen MR) is 69.5 cm³/mol. The van der Waals surface area contributed by atoms with Crippen molar-refractivity contribution < 1.29 is 9.63 Å². The summed E-state index contributed by atoms with van der Waals surface area (Å²) < 4.78 is 0. The zero-order valence-electron chi connectivity index (χ0n) is 9.72. The van der Waals surface area contributed by atoms with Crippen LogP contribution < -0.4 is 5.48 Å². The van der Waals surface area contributed by atoms with Crippen LogP contribution in [0.25, 0.3) is 0 Å². The summed E-state index contributed by atoms with van der Waals surface area (Å²) in [5.74, 6) is 1.09. The van der Waals surface area contributed by atoms with E-state index in [-0.39, 0.29) is 11.2 Å². The van der Waals surface area contributed by atoms with Crippen LogP contribution in [-0.4, -0.2) is 16.9 Å². The molecule has 1 N–H and O–H groups in total. The average Bonchev–Trinajstić information content (AvgIpc) is 2.41. The SMILES string of the molecule is O=C(NOCc1ccccc1)C1CCCCS1. The van der Waals surface area contributed by atoms with E-state index in [4.69, 9.17) is 4.84 Å². The second-order valence-electron chi connectivity index (χ2n) is 4.10. The van der Waals surface area contributed by atoms with Gasteiger partial charge < -0.3 is 0 Å². The summed E-state index contributed by atoms with van der Waals surface area (Å²) in [4.78, 5) is 17.0. The van der Waals surface area contributed by atoms with Gasteiger partial charge in [0.15, 0.2) is 0 Å². The van der Waals surface area contributed by atoms with Gasteiger partial charge in [0.05, 0.1) is 11.9 Å². The van der Waals surface area contributed by atoms with Crippen LogP contribution in [0.1, 0.15) is 24.8 Å². The third kappa shape index (κ3) is 4.06. The summed E-state index contributed by atoms with van der Waals surface area (Å²) in [7, 11) is 0. The molecule has 0 saturated carbocycles. The van der Waals surface area contributed by atoms with E-state index < -0.39 is 0 Å². The first-order chi connectivity index (χ1) is 8.36. The van der Waals surface area contributed by atoms with Gasteiger partial charge in [0, 0.05) is 0 Å². The molecular formula is C13H17NO2S. The van der Waals surface area contributed by atoms with Gasteiger partial charge in [0.2, 0.25) is 0 Å². The van der Waals surface area contributed by atoms with Crippen LogP contribution in [0.2, 0.25) is 0 Å². The largest absolute Gasteiger partial charge is 0.272 e. The molecule has 1 amide bonds. The summed E-state index contributed by atoms with van der Waals surface area (Å²) in [6.07, 6.45) is 3.33. The molecule has 0 bridgehead atoms. The van der Waals surface area contributed by atoms with Gasteiger partial charge in [0.1, 0.15) is 0 Å². The molecule has 1 aliphatic heterocycles. The maximum atomic E-state index is 11.7. The van der Waals surface area contributed by atoms with E-state index in [0.29, 0.717) is 6.61 Å². The van der Waals surface area contributed by atoms with Crippen LogP contribution in [0.4, 0.5) is 0 Å². The Kier molecular flexibility index (Phi) is 4.88. The van der Waals surface area contributed by atoms with Gasteiger partial charge in [-0.1, -0.05) is 36.8 Å². The minimum Gasteiger partial charge on any atom is -0.272 e. The Morgan fingerprint density at radius 1 is 1.35 bits per heavy atom. The van der Waals surface area contributed by atoms with E-state index >= 15 is 0 Å². The number of nitrogens with one attached hydrogen (secondary N) is 1. The molecule has 1 fully saturated rings. The molecule has 1 aliphatic rings. The molecule has 1 heterocycles. The third-order valence-corrected chi connectivity index (χ3v) is 4.10. The molecular weight excluding hydrogens is 234 g/mol. The van der Waals surface area contributed by atoms with Crippen LogP contribution in [0.3, 0.4) is 0 Å². The first-order valence-corrected chi connectivity index (χ1v) is 6.98. The molecule has 0 aromatic heterocycles. The summed E-state index contributed by atoms with van der Waals surface area (Å²) in [6.45, 7) is 0.421. The molecule has 0 radical (unpaired) electrons. The summed E-state index contributed by atoms with van der Waals surface area (Å²) in [5, 5.41) is 0.0690. The molecule has 1 aromatic rings. The van der Waals surface area contributed by atoms with Crippen molar-refractivity contribution in [2.45, 2.75) is 31.1 Å². The van der Waals surface area contributed by atoms with Crippen molar-refractivity contribution in [3.05, 3.63) is 35.9 Å². The lowest BCUT2D eigenvalue weighted by atomic mass is 10.2. The van der Waals surface area contributed by atoms with Gasteiger partial charge in [-0.2, -0.15) is 0 Å². The molecule has 1 unspecified atom stereocenters. The number of hydrogen-bond acceptors (Lipinski definition) is 3. The number of carbonyl (C=O) groups is 1. The molecule has 0 spiro atoms. The molecule has 4 heteroatoms. The van der Waals surface area contributed by atoms with E-state index in [1.54, 1.807) is 11.8 Å². The van der Waals surface area contributed by atoms with E-state index in [9.17, 15) is 4.79 Å². The van der Waals surface area contributed by atoms with Crippen molar-refractivity contribution in [2.75, 3.05) is 5.75 Å². The lowest BCUT2D eigenvalue weighted by molar-refractivity contribution is -0.134. The lowest BCUT2D eigenvalue weighted by Gasteiger charge is -2.20. The lowest BCUT2D eigenvalue weighted by Crippen LogP contribution is -2.34. The maximum absolute atomic E-state index is 11.7. The standard InChI is InChI=1S/C13H17NO2S/c15-13(12-8-4-5-9-17-12)14-16-10-11-6-2-1-3-7-11/h1-3,6-7,12H,4-5,8-10H2,(H,14,15). The van der Waals surface area contributed by atoms with Crippen LogP contribution in [0, 0.1) is 0 Å². The normalized spacial score (nSPS) is 19.9. The molecule has 0 aliphatic carbocycles. The van der Waals surface area contributed by atoms with Crippen LogP contribution >= 0.6 is 11.8 Å². The number of carbonyl (C=O) groups excluding carboxylic acids is 1. The van der Waals surface area contributed by atoms with Crippen molar-refractivity contribution >= 4 is 17.7 Å². The Bertz CT molecular complexity index is 350. The number of benzene rings is 1. The number of amides is 1. The molecule has 3 nitrogen and oxygen atoms in total. The topological polar surface area (TPSA) is 38.3 Å². The highest BCUT2D eigenvalue weighted by molar-refractivity contribution is 8.00. The molecule has 17 heavy (non-hydrogen) atoms. The molecule has 1 aromatic carbocycles. The van der Waals surface area contributed by atoms with Gasteiger partial charge in [-0.25, -0.2) is 5.48 Å². The van der Waals surface area contributed by atoms with E-state index in [2.05, 4.69) is 5.48 Å².